The molecule has 25 heavy (non-hydrogen) atoms. The summed E-state index contributed by atoms with van der Waals surface area (Å²) in [5.74, 6) is 2.56. The third-order valence-corrected chi connectivity index (χ3v) is 5.52. The van der Waals surface area contributed by atoms with Crippen molar-refractivity contribution in [2.24, 2.45) is 0 Å². The van der Waals surface area contributed by atoms with Gasteiger partial charge < -0.3 is 14.4 Å². The number of rotatable bonds is 5. The Morgan fingerprint density at radius 1 is 1.04 bits per heavy atom. The number of hydrogen-bond donors (Lipinski definition) is 0. The Hall–Kier alpha value is -2.07. The summed E-state index contributed by atoms with van der Waals surface area (Å²) in [5, 5.41) is 0. The van der Waals surface area contributed by atoms with Crippen LogP contribution in [0.5, 0.6) is 11.5 Å². The normalized spacial score (nSPS) is 21.1. The van der Waals surface area contributed by atoms with Gasteiger partial charge in [0, 0.05) is 32.0 Å². The van der Waals surface area contributed by atoms with Gasteiger partial charge in [0.15, 0.2) is 0 Å². The molecule has 4 nitrogen and oxygen atoms in total. The van der Waals surface area contributed by atoms with E-state index in [9.17, 15) is 0 Å². The molecule has 0 bridgehead atoms. The molecule has 132 valence electrons. The van der Waals surface area contributed by atoms with Gasteiger partial charge >= 0.3 is 0 Å². The van der Waals surface area contributed by atoms with Crippen LogP contribution in [0.4, 0.5) is 0 Å². The van der Waals surface area contributed by atoms with Gasteiger partial charge in [-0.1, -0.05) is 6.07 Å². The maximum Gasteiger partial charge on any atom is 0.122 e. The minimum Gasteiger partial charge on any atom is -0.497 e. The van der Waals surface area contributed by atoms with Crippen LogP contribution in [-0.2, 0) is 6.42 Å². The van der Waals surface area contributed by atoms with E-state index in [4.69, 9.17) is 9.47 Å². The van der Waals surface area contributed by atoms with Crippen molar-refractivity contribution >= 4 is 0 Å². The zero-order valence-electron chi connectivity index (χ0n) is 14.9. The second-order valence-corrected chi connectivity index (χ2v) is 7.10. The Kier molecular flexibility index (Phi) is 4.88. The van der Waals surface area contributed by atoms with Crippen molar-refractivity contribution in [3.05, 3.63) is 53.9 Å². The highest BCUT2D eigenvalue weighted by Crippen LogP contribution is 2.36. The highest BCUT2D eigenvalue weighted by Gasteiger charge is 2.27. The fraction of sp³-hybridized carbons (Fsp3) is 0.476. The number of fused-ring (bicyclic) bond motifs is 1. The topological polar surface area (TPSA) is 34.6 Å². The first-order valence-corrected chi connectivity index (χ1v) is 9.27. The van der Waals surface area contributed by atoms with Crippen molar-refractivity contribution in [3.8, 4) is 11.5 Å². The molecule has 1 saturated heterocycles. The van der Waals surface area contributed by atoms with Crippen LogP contribution in [0.25, 0.3) is 0 Å². The summed E-state index contributed by atoms with van der Waals surface area (Å²) in [6, 6.07) is 10.4. The second-order valence-electron chi connectivity index (χ2n) is 7.10. The number of nitrogens with zero attached hydrogens (tertiary/aromatic N) is 2. The maximum absolute atomic E-state index is 6.08. The van der Waals surface area contributed by atoms with Gasteiger partial charge in [-0.05, 0) is 67.0 Å². The average Bonchev–Trinajstić information content (AvgIpc) is 3.06. The van der Waals surface area contributed by atoms with Gasteiger partial charge in [-0.15, -0.1) is 0 Å². The maximum atomic E-state index is 6.08. The minimum atomic E-state index is 0.328. The van der Waals surface area contributed by atoms with E-state index < -0.39 is 0 Å². The molecular weight excluding hydrogens is 312 g/mol. The van der Waals surface area contributed by atoms with E-state index in [1.165, 1.54) is 24.0 Å². The van der Waals surface area contributed by atoms with Gasteiger partial charge in [-0.25, -0.2) is 0 Å². The van der Waals surface area contributed by atoms with E-state index in [1.807, 2.05) is 12.1 Å². The van der Waals surface area contributed by atoms with Gasteiger partial charge in [0.05, 0.1) is 7.11 Å². The monoisotopic (exact) mass is 338 g/mol. The summed E-state index contributed by atoms with van der Waals surface area (Å²) in [5.41, 5.74) is 3.00. The molecule has 0 saturated carbocycles. The zero-order valence-corrected chi connectivity index (χ0v) is 14.9. The Morgan fingerprint density at radius 2 is 1.84 bits per heavy atom. The molecule has 2 heterocycles. The predicted molar refractivity (Wildman–Crippen MR) is 98.4 cm³/mol. The zero-order chi connectivity index (χ0) is 17.1. The van der Waals surface area contributed by atoms with E-state index in [0.717, 1.165) is 44.0 Å². The van der Waals surface area contributed by atoms with Crippen molar-refractivity contribution < 1.29 is 9.47 Å². The first kappa shape index (κ1) is 16.4. The number of pyridine rings is 1. The van der Waals surface area contributed by atoms with E-state index in [1.54, 1.807) is 19.5 Å². The number of benzene rings is 1. The molecule has 1 aromatic heterocycles. The first-order valence-electron chi connectivity index (χ1n) is 9.27. The lowest BCUT2D eigenvalue weighted by molar-refractivity contribution is 0.0968. The number of likely N-dealkylation sites (tertiary alicyclic amines) is 1. The molecular formula is C21H26N2O2. The fourth-order valence-electron chi connectivity index (χ4n) is 4.11. The molecule has 1 unspecified atom stereocenters. The quantitative estimate of drug-likeness (QED) is 0.833. The predicted octanol–water partition coefficient (Wildman–Crippen LogP) is 3.66. The van der Waals surface area contributed by atoms with E-state index in [-0.39, 0.29) is 0 Å². The van der Waals surface area contributed by atoms with Crippen LogP contribution in [0.2, 0.25) is 0 Å². The van der Waals surface area contributed by atoms with Crippen LogP contribution in [0.1, 0.15) is 36.3 Å². The second kappa shape index (κ2) is 7.44. The average molecular weight is 338 g/mol. The van der Waals surface area contributed by atoms with Gasteiger partial charge in [-0.2, -0.15) is 0 Å². The van der Waals surface area contributed by atoms with E-state index in [2.05, 4.69) is 28.1 Å². The number of methoxy groups -OCH3 is 1. The van der Waals surface area contributed by atoms with Crippen LogP contribution >= 0.6 is 0 Å². The molecule has 4 rings (SSSR count). The molecule has 4 heteroatoms. The molecule has 1 atom stereocenters. The van der Waals surface area contributed by atoms with Crippen molar-refractivity contribution in [1.82, 2.24) is 9.88 Å². The summed E-state index contributed by atoms with van der Waals surface area (Å²) in [4.78, 5) is 6.64. The molecule has 0 amide bonds. The molecule has 0 radical (unpaired) electrons. The summed E-state index contributed by atoms with van der Waals surface area (Å²) in [6.45, 7) is 3.39. The van der Waals surface area contributed by atoms with Crippen molar-refractivity contribution in [2.75, 3.05) is 26.7 Å². The minimum absolute atomic E-state index is 0.328. The summed E-state index contributed by atoms with van der Waals surface area (Å²) in [6.07, 6.45) is 8.56. The number of piperidine rings is 1. The standard InChI is InChI=1S/C21H26N2O2/c1-24-20-5-4-16-2-3-17(21(16)14-20)15-23-12-8-19(9-13-23)25-18-6-10-22-11-7-18/h4-7,10-11,14,17,19H,2-3,8-9,12-13,15H2,1H3. The lowest BCUT2D eigenvalue weighted by Crippen LogP contribution is -2.40. The molecule has 1 aliphatic heterocycles. The largest absolute Gasteiger partial charge is 0.497 e. The SMILES string of the molecule is COc1ccc2c(c1)C(CN1CCC(Oc3ccncc3)CC1)CC2. The Labute approximate surface area is 149 Å². The van der Waals surface area contributed by atoms with E-state index in [0.29, 0.717) is 12.0 Å². The highest BCUT2D eigenvalue weighted by molar-refractivity contribution is 5.41. The van der Waals surface area contributed by atoms with E-state index >= 15 is 0 Å². The van der Waals surface area contributed by atoms with Gasteiger partial charge in [0.25, 0.3) is 0 Å². The summed E-state index contributed by atoms with van der Waals surface area (Å²) < 4.78 is 11.5. The van der Waals surface area contributed by atoms with Crippen molar-refractivity contribution in [2.45, 2.75) is 37.7 Å². The van der Waals surface area contributed by atoms with Gasteiger partial charge in [-0.3, -0.25) is 4.98 Å². The number of aromatic nitrogens is 1. The molecule has 2 aromatic rings. The molecule has 2 aliphatic rings. The molecule has 1 aliphatic carbocycles. The third kappa shape index (κ3) is 3.79. The van der Waals surface area contributed by atoms with Crippen LogP contribution in [0.15, 0.2) is 42.7 Å². The Balaban J connectivity index is 1.31. The number of hydrogen-bond acceptors (Lipinski definition) is 4. The smallest absolute Gasteiger partial charge is 0.122 e. The van der Waals surface area contributed by atoms with Gasteiger partial charge in [0.2, 0.25) is 0 Å². The van der Waals surface area contributed by atoms with Crippen molar-refractivity contribution in [1.29, 1.82) is 0 Å². The lowest BCUT2D eigenvalue weighted by Gasteiger charge is -2.33. The third-order valence-electron chi connectivity index (χ3n) is 5.52. The van der Waals surface area contributed by atoms with Crippen LogP contribution in [0, 0.1) is 0 Å². The Morgan fingerprint density at radius 3 is 2.60 bits per heavy atom. The summed E-state index contributed by atoms with van der Waals surface area (Å²) >= 11 is 0. The van der Waals surface area contributed by atoms with Gasteiger partial charge in [0.1, 0.15) is 17.6 Å². The van der Waals surface area contributed by atoms with Crippen LogP contribution < -0.4 is 9.47 Å². The summed E-state index contributed by atoms with van der Waals surface area (Å²) in [7, 11) is 1.75. The first-order chi connectivity index (χ1) is 12.3. The number of aryl methyl sites for hydroxylation is 1. The highest BCUT2D eigenvalue weighted by atomic mass is 16.5. The molecule has 1 fully saturated rings. The molecule has 1 aromatic carbocycles. The van der Waals surface area contributed by atoms with Crippen molar-refractivity contribution in [3.63, 3.8) is 0 Å². The van der Waals surface area contributed by atoms with Crippen LogP contribution in [-0.4, -0.2) is 42.7 Å². The molecule has 0 N–H and O–H groups in total. The fourth-order valence-corrected chi connectivity index (χ4v) is 4.11. The number of ether oxygens (including phenoxy) is 2. The lowest BCUT2D eigenvalue weighted by atomic mass is 9.98. The van der Waals surface area contributed by atoms with Crippen LogP contribution in [0.3, 0.4) is 0 Å². The Bertz CT molecular complexity index is 696. The molecule has 0 spiro atoms.